The maximum atomic E-state index is 10.6. The molecule has 0 spiro atoms. The summed E-state index contributed by atoms with van der Waals surface area (Å²) in [6.45, 7) is 3.68. The number of Topliss-reactive ketones (excluding diaryl/α,β-unsaturated/α-hetero) is 1. The molecule has 148 valence electrons. The summed E-state index contributed by atoms with van der Waals surface area (Å²) in [6, 6.07) is 0. The molecule has 0 aromatic rings. The zero-order valence-corrected chi connectivity index (χ0v) is 14.9. The van der Waals surface area contributed by atoms with Crippen LogP contribution in [0, 0.1) is 0 Å². The van der Waals surface area contributed by atoms with Crippen LogP contribution in [0.1, 0.15) is 27.7 Å². The van der Waals surface area contributed by atoms with Crippen molar-refractivity contribution in [3.63, 3.8) is 0 Å². The van der Waals surface area contributed by atoms with Crippen molar-refractivity contribution in [3.8, 4) is 0 Å². The van der Waals surface area contributed by atoms with E-state index in [9.17, 15) is 9.90 Å². The van der Waals surface area contributed by atoms with E-state index in [1.165, 1.54) is 0 Å². The van der Waals surface area contributed by atoms with Gasteiger partial charge in [0, 0.05) is 20.8 Å². The number of hydrogen-bond acceptors (Lipinski definition) is 9. The largest absolute Gasteiger partial charge is 0.481 e. The number of aliphatic hydroxyl groups excluding tert-OH is 4. The lowest BCUT2D eigenvalue weighted by atomic mass is 10.0. The Morgan fingerprint density at radius 2 is 1.04 bits per heavy atom. The van der Waals surface area contributed by atoms with Crippen molar-refractivity contribution in [1.29, 1.82) is 0 Å². The van der Waals surface area contributed by atoms with Gasteiger partial charge in [0.15, 0.2) is 5.78 Å². The van der Waals surface area contributed by atoms with Crippen molar-refractivity contribution in [2.75, 3.05) is 6.61 Å². The SMILES string of the molecule is CC(=O)C(=S)[C@H](O)[C@H](O)[C@H](O)CO.CC(=O)O.CC(=O)O.CC(=O)O. The van der Waals surface area contributed by atoms with Crippen LogP contribution >= 0.6 is 12.2 Å². The van der Waals surface area contributed by atoms with Crippen LogP contribution in [-0.2, 0) is 19.2 Å². The molecule has 0 aliphatic heterocycles. The van der Waals surface area contributed by atoms with Gasteiger partial charge in [-0.25, -0.2) is 0 Å². The van der Waals surface area contributed by atoms with E-state index < -0.39 is 48.6 Å². The molecule has 0 saturated heterocycles. The lowest BCUT2D eigenvalue weighted by Crippen LogP contribution is -2.45. The second-order valence-electron chi connectivity index (χ2n) is 4.16. The van der Waals surface area contributed by atoms with Crippen molar-refractivity contribution in [2.45, 2.75) is 46.0 Å². The third-order valence-electron chi connectivity index (χ3n) is 1.52. The van der Waals surface area contributed by atoms with E-state index in [0.29, 0.717) is 0 Å². The van der Waals surface area contributed by atoms with Crippen LogP contribution in [0.15, 0.2) is 0 Å². The predicted molar refractivity (Wildman–Crippen MR) is 88.3 cm³/mol. The number of hydrogen-bond donors (Lipinski definition) is 7. The van der Waals surface area contributed by atoms with E-state index >= 15 is 0 Å². The first-order valence-corrected chi connectivity index (χ1v) is 6.80. The Morgan fingerprint density at radius 1 is 0.800 bits per heavy atom. The number of carboxylic acids is 3. The van der Waals surface area contributed by atoms with Crippen molar-refractivity contribution < 1.29 is 54.9 Å². The average Bonchev–Trinajstić information content (AvgIpc) is 2.42. The van der Waals surface area contributed by atoms with Crippen molar-refractivity contribution >= 4 is 40.8 Å². The molecule has 0 aliphatic rings. The normalized spacial score (nSPS) is 12.2. The minimum atomic E-state index is -1.64. The summed E-state index contributed by atoms with van der Waals surface area (Å²) in [6.07, 6.45) is -4.76. The van der Waals surface area contributed by atoms with E-state index in [2.05, 4.69) is 12.2 Å². The number of ketones is 1. The first-order chi connectivity index (χ1) is 11.1. The first-order valence-electron chi connectivity index (χ1n) is 6.40. The standard InChI is InChI=1S/C7H12O5S.3C2H4O2/c1-3(9)7(13)6(12)5(11)4(10)2-8;3*1-2(3)4/h4-6,8,10-12H,2H2,1H3;3*1H3,(H,3,4)/t4-,5-,6-;;;/m1.../s1. The molecule has 0 amide bonds. The zero-order valence-electron chi connectivity index (χ0n) is 14.1. The zero-order chi connectivity index (χ0) is 21.3. The number of carbonyl (C=O) groups excluding carboxylic acids is 1. The van der Waals surface area contributed by atoms with Crippen LogP contribution in [0.4, 0.5) is 0 Å². The van der Waals surface area contributed by atoms with Gasteiger partial charge in [-0.05, 0) is 6.92 Å². The molecule has 7 N–H and O–H groups in total. The molecule has 12 heteroatoms. The van der Waals surface area contributed by atoms with Crippen LogP contribution in [0.25, 0.3) is 0 Å². The average molecular weight is 388 g/mol. The van der Waals surface area contributed by atoms with Gasteiger partial charge in [0.05, 0.1) is 11.5 Å². The Labute approximate surface area is 149 Å². The summed E-state index contributed by atoms with van der Waals surface area (Å²) in [5, 5.41) is 57.9. The molecule has 0 heterocycles. The highest BCUT2D eigenvalue weighted by Crippen LogP contribution is 2.03. The molecule has 0 fully saturated rings. The summed E-state index contributed by atoms with van der Waals surface area (Å²) in [7, 11) is 0. The molecule has 0 aromatic carbocycles. The highest BCUT2D eigenvalue weighted by Gasteiger charge is 2.28. The summed E-state index contributed by atoms with van der Waals surface area (Å²) in [5.41, 5.74) is 0. The minimum Gasteiger partial charge on any atom is -0.481 e. The van der Waals surface area contributed by atoms with Crippen molar-refractivity contribution in [3.05, 3.63) is 0 Å². The van der Waals surface area contributed by atoms with Gasteiger partial charge in [-0.1, -0.05) is 12.2 Å². The summed E-state index contributed by atoms with van der Waals surface area (Å²) >= 11 is 4.49. The van der Waals surface area contributed by atoms with E-state index in [-0.39, 0.29) is 4.86 Å². The monoisotopic (exact) mass is 388 g/mol. The second-order valence-corrected chi connectivity index (χ2v) is 4.60. The van der Waals surface area contributed by atoms with Gasteiger partial charge in [-0.15, -0.1) is 0 Å². The van der Waals surface area contributed by atoms with Crippen LogP contribution in [0.5, 0.6) is 0 Å². The van der Waals surface area contributed by atoms with Gasteiger partial charge in [0.2, 0.25) is 0 Å². The lowest BCUT2D eigenvalue weighted by molar-refractivity contribution is -0.135. The van der Waals surface area contributed by atoms with E-state index in [1.807, 2.05) is 0 Å². The van der Waals surface area contributed by atoms with Gasteiger partial charge < -0.3 is 35.7 Å². The van der Waals surface area contributed by atoms with Crippen LogP contribution < -0.4 is 0 Å². The third-order valence-corrected chi connectivity index (χ3v) is 2.05. The maximum Gasteiger partial charge on any atom is 0.300 e. The lowest BCUT2D eigenvalue weighted by Gasteiger charge is -2.20. The summed E-state index contributed by atoms with van der Waals surface area (Å²) in [4.78, 5) is 37.3. The topological polar surface area (TPSA) is 210 Å². The van der Waals surface area contributed by atoms with Crippen molar-refractivity contribution in [1.82, 2.24) is 0 Å². The van der Waals surface area contributed by atoms with Gasteiger partial charge in [-0.2, -0.15) is 0 Å². The Bertz CT molecular complexity index is 395. The van der Waals surface area contributed by atoms with Crippen molar-refractivity contribution in [2.24, 2.45) is 0 Å². The molecule has 0 aliphatic carbocycles. The molecule has 0 saturated carbocycles. The Hall–Kier alpha value is -1.99. The fraction of sp³-hybridized carbons (Fsp3) is 0.615. The Morgan fingerprint density at radius 3 is 1.20 bits per heavy atom. The highest BCUT2D eigenvalue weighted by molar-refractivity contribution is 7.82. The second kappa shape index (κ2) is 18.4. The van der Waals surface area contributed by atoms with Gasteiger partial charge in [0.1, 0.15) is 18.3 Å². The Balaban J connectivity index is -0.000000150. The summed E-state index contributed by atoms with van der Waals surface area (Å²) < 4.78 is 0. The molecular weight excluding hydrogens is 364 g/mol. The van der Waals surface area contributed by atoms with Gasteiger partial charge in [0.25, 0.3) is 17.9 Å². The smallest absolute Gasteiger partial charge is 0.300 e. The van der Waals surface area contributed by atoms with Crippen LogP contribution in [0.2, 0.25) is 0 Å². The number of carboxylic acid groups (broad SMARTS) is 3. The maximum absolute atomic E-state index is 10.6. The number of carbonyl (C=O) groups is 4. The molecule has 11 nitrogen and oxygen atoms in total. The predicted octanol–water partition coefficient (Wildman–Crippen LogP) is -1.71. The summed E-state index contributed by atoms with van der Waals surface area (Å²) in [5.74, 6) is -3.05. The minimum absolute atomic E-state index is 0.361. The van der Waals surface area contributed by atoms with Crippen LogP contribution in [0.3, 0.4) is 0 Å². The van der Waals surface area contributed by atoms with Gasteiger partial charge in [-0.3, -0.25) is 19.2 Å². The molecule has 0 unspecified atom stereocenters. The number of aliphatic carboxylic acids is 3. The highest BCUT2D eigenvalue weighted by atomic mass is 32.1. The molecular formula is C13H24O11S. The fourth-order valence-corrected chi connectivity index (χ4v) is 0.821. The van der Waals surface area contributed by atoms with E-state index in [4.69, 9.17) is 45.0 Å². The molecule has 0 radical (unpaired) electrons. The number of aliphatic hydroxyl groups is 4. The van der Waals surface area contributed by atoms with Crippen LogP contribution in [-0.4, -0.2) is 89.2 Å². The molecule has 0 aromatic heterocycles. The number of thiocarbonyl (C=S) groups is 1. The van der Waals surface area contributed by atoms with E-state index in [0.717, 1.165) is 27.7 Å². The molecule has 0 rings (SSSR count). The third kappa shape index (κ3) is 34.4. The van der Waals surface area contributed by atoms with E-state index in [1.54, 1.807) is 0 Å². The fourth-order valence-electron chi connectivity index (χ4n) is 0.682. The molecule has 25 heavy (non-hydrogen) atoms. The Kier molecular flexibility index (Phi) is 22.6. The first kappa shape index (κ1) is 30.8. The molecule has 0 bridgehead atoms. The number of rotatable bonds is 5. The van der Waals surface area contributed by atoms with Gasteiger partial charge >= 0.3 is 0 Å². The molecule has 3 atom stereocenters. The quantitative estimate of drug-likeness (QED) is 0.263.